The zero-order valence-electron chi connectivity index (χ0n) is 21.5. The van der Waals surface area contributed by atoms with Gasteiger partial charge in [0, 0.05) is 17.0 Å². The smallest absolute Gasteiger partial charge is 0.408 e. The number of furan rings is 1. The summed E-state index contributed by atoms with van der Waals surface area (Å²) in [5.74, 6) is 0.668. The van der Waals surface area contributed by atoms with Crippen LogP contribution in [0.5, 0.6) is 0 Å². The fourth-order valence-corrected chi connectivity index (χ4v) is 4.88. The van der Waals surface area contributed by atoms with Crippen LogP contribution in [0, 0.1) is 5.92 Å². The molecule has 2 amide bonds. The summed E-state index contributed by atoms with van der Waals surface area (Å²) in [6.07, 6.45) is 2.04. The molecule has 1 heterocycles. The number of carbonyl (C=O) groups is 3. The van der Waals surface area contributed by atoms with Crippen molar-refractivity contribution in [1.29, 1.82) is 0 Å². The molecule has 0 saturated carbocycles. The van der Waals surface area contributed by atoms with Crippen molar-refractivity contribution in [2.75, 3.05) is 0 Å². The molecule has 3 rings (SSSR count). The van der Waals surface area contributed by atoms with Gasteiger partial charge in [-0.15, -0.1) is 11.8 Å². The molecule has 9 heteroatoms. The van der Waals surface area contributed by atoms with Crippen molar-refractivity contribution in [3.05, 3.63) is 94.9 Å². The predicted octanol–water partition coefficient (Wildman–Crippen LogP) is 6.15. The number of halogens is 1. The maximum Gasteiger partial charge on any atom is 0.408 e. The Morgan fingerprint density at radius 3 is 2.39 bits per heavy atom. The van der Waals surface area contributed by atoms with Gasteiger partial charge in [0.2, 0.25) is 5.91 Å². The van der Waals surface area contributed by atoms with Crippen LogP contribution in [0.15, 0.2) is 77.4 Å². The van der Waals surface area contributed by atoms with Crippen molar-refractivity contribution in [3.63, 3.8) is 0 Å². The highest BCUT2D eigenvalue weighted by molar-refractivity contribution is 7.99. The zero-order chi connectivity index (χ0) is 27.3. The second-order valence-electron chi connectivity index (χ2n) is 9.22. The molecule has 2 atom stereocenters. The molecule has 7 nitrogen and oxygen atoms in total. The monoisotopic (exact) mass is 556 g/mol. The van der Waals surface area contributed by atoms with E-state index in [0.717, 1.165) is 5.56 Å². The van der Waals surface area contributed by atoms with Crippen LogP contribution in [0.25, 0.3) is 0 Å². The van der Waals surface area contributed by atoms with Crippen LogP contribution < -0.4 is 10.6 Å². The quantitative estimate of drug-likeness (QED) is 0.231. The van der Waals surface area contributed by atoms with Gasteiger partial charge in [-0.25, -0.2) is 4.79 Å². The number of hydrogen-bond donors (Lipinski definition) is 2. The van der Waals surface area contributed by atoms with Gasteiger partial charge in [-0.2, -0.15) is 0 Å². The lowest BCUT2D eigenvalue weighted by Gasteiger charge is -2.23. The second-order valence-corrected chi connectivity index (χ2v) is 10.7. The normalized spacial score (nSPS) is 12.5. The second kappa shape index (κ2) is 15.2. The Bertz CT molecular complexity index is 1170. The van der Waals surface area contributed by atoms with Crippen LogP contribution in [0.1, 0.15) is 43.6 Å². The molecule has 0 bridgehead atoms. The first-order chi connectivity index (χ1) is 18.3. The Kier molecular flexibility index (Phi) is 11.8. The topological polar surface area (TPSA) is 97.6 Å². The van der Waals surface area contributed by atoms with E-state index in [1.54, 1.807) is 36.6 Å². The number of hydrogen-bond acceptors (Lipinski definition) is 6. The standard InChI is InChI=1S/C29H33ClN2O5S/c1-20(2)17-25(31-29(35)37-18-22-11-6-7-13-24(22)30)27(34)32-28(38-19-23-12-8-16-36-23)26(33)15-14-21-9-4-3-5-10-21/h3-13,16,20,25,28H,14-15,17-19H2,1-2H3,(H,31,35)(H,32,34)/t25-,28-/m0/s1. The minimum Gasteiger partial charge on any atom is -0.468 e. The highest BCUT2D eigenvalue weighted by Crippen LogP contribution is 2.20. The average Bonchev–Trinajstić information content (AvgIpc) is 3.43. The number of Topliss-reactive ketones (excluding diaryl/α,β-unsaturated/α-hetero) is 1. The summed E-state index contributed by atoms with van der Waals surface area (Å²) in [7, 11) is 0. The summed E-state index contributed by atoms with van der Waals surface area (Å²) in [4.78, 5) is 39.0. The molecule has 0 unspecified atom stereocenters. The van der Waals surface area contributed by atoms with Gasteiger partial charge in [0.05, 0.1) is 12.0 Å². The first kappa shape index (κ1) is 29.3. The number of thioether (sulfide) groups is 1. The lowest BCUT2D eigenvalue weighted by molar-refractivity contribution is -0.127. The van der Waals surface area contributed by atoms with Crippen molar-refractivity contribution < 1.29 is 23.5 Å². The molecule has 1 aromatic heterocycles. The molecule has 3 aromatic rings. The summed E-state index contributed by atoms with van der Waals surface area (Å²) in [6.45, 7) is 3.87. The first-order valence-corrected chi connectivity index (χ1v) is 13.9. The van der Waals surface area contributed by atoms with E-state index in [1.165, 1.54) is 11.8 Å². The van der Waals surface area contributed by atoms with E-state index in [1.807, 2.05) is 50.2 Å². The molecule has 2 N–H and O–H groups in total. The fourth-order valence-electron chi connectivity index (χ4n) is 3.69. The minimum absolute atomic E-state index is 0.0267. The van der Waals surface area contributed by atoms with E-state index in [0.29, 0.717) is 34.9 Å². The molecule has 0 fully saturated rings. The molecular weight excluding hydrogens is 524 g/mol. The molecule has 0 radical (unpaired) electrons. The lowest BCUT2D eigenvalue weighted by Crippen LogP contribution is -2.51. The van der Waals surface area contributed by atoms with Crippen LogP contribution in [0.4, 0.5) is 4.79 Å². The van der Waals surface area contributed by atoms with E-state index in [2.05, 4.69) is 10.6 Å². The van der Waals surface area contributed by atoms with Gasteiger partial charge in [-0.3, -0.25) is 9.59 Å². The molecule has 0 aliphatic rings. The maximum atomic E-state index is 13.3. The summed E-state index contributed by atoms with van der Waals surface area (Å²) in [5.41, 5.74) is 1.70. The van der Waals surface area contributed by atoms with Crippen LogP contribution in [0.3, 0.4) is 0 Å². The number of aryl methyl sites for hydroxylation is 1. The van der Waals surface area contributed by atoms with E-state index >= 15 is 0 Å². The summed E-state index contributed by atoms with van der Waals surface area (Å²) in [6, 6.07) is 19.5. The van der Waals surface area contributed by atoms with Gasteiger partial charge in [-0.05, 0) is 42.5 Å². The third-order valence-electron chi connectivity index (χ3n) is 5.67. The van der Waals surface area contributed by atoms with E-state index in [4.69, 9.17) is 20.8 Å². The SMILES string of the molecule is CC(C)C[C@H](NC(=O)OCc1ccccc1Cl)C(=O)N[C@@H](SCc1ccco1)C(=O)CCc1ccccc1. The molecule has 202 valence electrons. The maximum absolute atomic E-state index is 13.3. The van der Waals surface area contributed by atoms with E-state index in [9.17, 15) is 14.4 Å². The van der Waals surface area contributed by atoms with Crippen LogP contribution in [-0.4, -0.2) is 29.2 Å². The van der Waals surface area contributed by atoms with Gasteiger partial charge in [-0.1, -0.05) is 74.0 Å². The highest BCUT2D eigenvalue weighted by Gasteiger charge is 2.28. The van der Waals surface area contributed by atoms with Crippen molar-refractivity contribution >= 4 is 41.1 Å². The third-order valence-corrected chi connectivity index (χ3v) is 7.21. The van der Waals surface area contributed by atoms with Gasteiger partial charge >= 0.3 is 6.09 Å². The molecule has 2 aromatic carbocycles. The van der Waals surface area contributed by atoms with Gasteiger partial charge in [0.15, 0.2) is 5.78 Å². The number of benzene rings is 2. The summed E-state index contributed by atoms with van der Waals surface area (Å²) in [5, 5.41) is 5.19. The van der Waals surface area contributed by atoms with Crippen molar-refractivity contribution in [1.82, 2.24) is 10.6 Å². The Labute approximate surface area is 232 Å². The molecule has 0 spiro atoms. The number of amides is 2. The third kappa shape index (κ3) is 9.91. The van der Waals surface area contributed by atoms with E-state index < -0.39 is 23.4 Å². The predicted molar refractivity (Wildman–Crippen MR) is 150 cm³/mol. The zero-order valence-corrected chi connectivity index (χ0v) is 23.1. The lowest BCUT2D eigenvalue weighted by atomic mass is 10.0. The summed E-state index contributed by atoms with van der Waals surface area (Å²) < 4.78 is 10.7. The summed E-state index contributed by atoms with van der Waals surface area (Å²) >= 11 is 7.42. The number of carbonyl (C=O) groups excluding carboxylic acids is 3. The Hall–Kier alpha value is -3.23. The average molecular weight is 557 g/mol. The van der Waals surface area contributed by atoms with Crippen molar-refractivity contribution in [2.45, 2.75) is 56.9 Å². The Morgan fingerprint density at radius 1 is 0.974 bits per heavy atom. The molecular formula is C29H33ClN2O5S. The van der Waals surface area contributed by atoms with Gasteiger partial charge in [0.25, 0.3) is 0 Å². The van der Waals surface area contributed by atoms with Gasteiger partial charge in [0.1, 0.15) is 23.8 Å². The van der Waals surface area contributed by atoms with E-state index in [-0.39, 0.29) is 24.7 Å². The van der Waals surface area contributed by atoms with Crippen LogP contribution in [0.2, 0.25) is 5.02 Å². The Morgan fingerprint density at radius 2 is 1.71 bits per heavy atom. The number of ketones is 1. The van der Waals surface area contributed by atoms with Crippen molar-refractivity contribution in [2.24, 2.45) is 5.92 Å². The minimum atomic E-state index is -0.873. The number of alkyl carbamates (subject to hydrolysis) is 1. The molecule has 0 aliphatic heterocycles. The Balaban J connectivity index is 1.64. The highest BCUT2D eigenvalue weighted by atomic mass is 35.5. The molecule has 0 saturated heterocycles. The van der Waals surface area contributed by atoms with Crippen LogP contribution >= 0.6 is 23.4 Å². The molecule has 38 heavy (non-hydrogen) atoms. The fraction of sp³-hybridized carbons (Fsp3) is 0.345. The first-order valence-electron chi connectivity index (χ1n) is 12.5. The number of rotatable bonds is 14. The van der Waals surface area contributed by atoms with Crippen molar-refractivity contribution in [3.8, 4) is 0 Å². The van der Waals surface area contributed by atoms with Crippen LogP contribution in [-0.2, 0) is 33.1 Å². The number of ether oxygens (including phenoxy) is 1. The number of nitrogens with one attached hydrogen (secondary N) is 2. The van der Waals surface area contributed by atoms with Gasteiger partial charge < -0.3 is 19.8 Å². The largest absolute Gasteiger partial charge is 0.468 e. The molecule has 0 aliphatic carbocycles.